The molecule has 27 heavy (non-hydrogen) atoms. The quantitative estimate of drug-likeness (QED) is 0.553. The van der Waals surface area contributed by atoms with Crippen molar-refractivity contribution < 1.29 is 22.8 Å². The number of aryl methyl sites for hydroxylation is 1. The molecule has 0 aliphatic heterocycles. The van der Waals surface area contributed by atoms with E-state index in [0.29, 0.717) is 11.1 Å². The highest BCUT2D eigenvalue weighted by Gasteiger charge is 2.43. The zero-order chi connectivity index (χ0) is 20.4. The largest absolute Gasteiger partial charge is 0.315 e. The van der Waals surface area contributed by atoms with Gasteiger partial charge in [-0.05, 0) is 42.7 Å². The van der Waals surface area contributed by atoms with Crippen LogP contribution in [0.3, 0.4) is 0 Å². The van der Waals surface area contributed by atoms with Gasteiger partial charge >= 0.3 is 0 Å². The number of carbonyl (C=O) groups is 1. The van der Waals surface area contributed by atoms with Gasteiger partial charge in [-0.2, -0.15) is 0 Å². The first-order valence-corrected chi connectivity index (χ1v) is 10.1. The topological polar surface area (TPSA) is 105 Å². The Hall–Kier alpha value is -2.23. The van der Waals surface area contributed by atoms with E-state index in [-0.39, 0.29) is 18.0 Å². The van der Waals surface area contributed by atoms with E-state index in [4.69, 9.17) is 16.8 Å². The van der Waals surface area contributed by atoms with Gasteiger partial charge in [0.25, 0.3) is 11.5 Å². The fraction of sp³-hybridized carbons (Fsp3) is 0.294. The van der Waals surface area contributed by atoms with Crippen molar-refractivity contribution in [1.29, 1.82) is 0 Å². The van der Waals surface area contributed by atoms with Crippen LogP contribution in [0.15, 0.2) is 41.3 Å². The molecule has 0 spiro atoms. The van der Waals surface area contributed by atoms with Crippen molar-refractivity contribution in [3.05, 3.63) is 57.7 Å². The molecule has 0 saturated heterocycles. The van der Waals surface area contributed by atoms with E-state index in [0.717, 1.165) is 6.26 Å². The van der Waals surface area contributed by atoms with Gasteiger partial charge in [0.15, 0.2) is 14.6 Å². The lowest BCUT2D eigenvalue weighted by molar-refractivity contribution is -0.131. The molecule has 2 rings (SSSR count). The van der Waals surface area contributed by atoms with Crippen LogP contribution in [0.2, 0.25) is 5.02 Å². The molecule has 1 amide bonds. The summed E-state index contributed by atoms with van der Waals surface area (Å²) in [6.07, 6.45) is 2.07. The number of nitrogens with one attached hydrogen (secondary N) is 1. The van der Waals surface area contributed by atoms with Crippen LogP contribution in [0, 0.1) is 5.82 Å². The zero-order valence-electron chi connectivity index (χ0n) is 14.6. The van der Waals surface area contributed by atoms with Crippen molar-refractivity contribution in [1.82, 2.24) is 10.0 Å². The minimum absolute atomic E-state index is 0.0330. The normalized spacial score (nSPS) is 13.8. The average Bonchev–Trinajstić information content (AvgIpc) is 2.60. The van der Waals surface area contributed by atoms with Crippen molar-refractivity contribution in [2.45, 2.75) is 24.6 Å². The Bertz CT molecular complexity index is 1040. The molecule has 10 heteroatoms. The van der Waals surface area contributed by atoms with Crippen molar-refractivity contribution in [2.24, 2.45) is 0 Å². The van der Waals surface area contributed by atoms with Crippen molar-refractivity contribution in [3.63, 3.8) is 0 Å². The fourth-order valence-electron chi connectivity index (χ4n) is 2.47. The summed E-state index contributed by atoms with van der Waals surface area (Å²) in [5.41, 5.74) is 1.82. The third kappa shape index (κ3) is 4.37. The number of aromatic nitrogens is 1. The van der Waals surface area contributed by atoms with Crippen LogP contribution >= 0.6 is 11.6 Å². The van der Waals surface area contributed by atoms with Gasteiger partial charge in [0.05, 0.1) is 5.02 Å². The highest BCUT2D eigenvalue weighted by molar-refractivity contribution is 7.92. The van der Waals surface area contributed by atoms with Crippen LogP contribution < -0.4 is 11.0 Å². The summed E-state index contributed by atoms with van der Waals surface area (Å²) in [6.45, 7) is 1.09. The number of hydroxylamine groups is 1. The van der Waals surface area contributed by atoms with Gasteiger partial charge in [-0.1, -0.05) is 17.7 Å². The summed E-state index contributed by atoms with van der Waals surface area (Å²) >= 11 is 5.64. The van der Waals surface area contributed by atoms with E-state index < -0.39 is 31.9 Å². The number of halogens is 2. The molecule has 146 valence electrons. The van der Waals surface area contributed by atoms with Gasteiger partial charge in [-0.15, -0.1) is 0 Å². The first-order chi connectivity index (χ1) is 12.5. The first kappa shape index (κ1) is 21.1. The second kappa shape index (κ2) is 7.79. The predicted molar refractivity (Wildman–Crippen MR) is 98.9 cm³/mol. The van der Waals surface area contributed by atoms with Crippen molar-refractivity contribution in [3.8, 4) is 11.1 Å². The number of pyridine rings is 1. The molecule has 1 heterocycles. The molecule has 0 aliphatic rings. The summed E-state index contributed by atoms with van der Waals surface area (Å²) in [4.78, 5) is 24.1. The standard InChI is InChI=1S/C17H18ClFN2O5S/c1-17(16(23)20-24,27(2,25)26)6-8-21-7-5-12(10-15(21)22)11-3-4-13(18)14(19)9-11/h3-5,7,9-10,24H,6,8H2,1-2H3,(H,20,23). The summed E-state index contributed by atoms with van der Waals surface area (Å²) in [5.74, 6) is -1.69. The Kier molecular flexibility index (Phi) is 6.08. The van der Waals surface area contributed by atoms with Gasteiger partial charge in [0, 0.05) is 25.1 Å². The predicted octanol–water partition coefficient (Wildman–Crippen LogP) is 2.01. The summed E-state index contributed by atoms with van der Waals surface area (Å²) in [5, 5.41) is 8.78. The van der Waals surface area contributed by atoms with Gasteiger partial charge in [-0.25, -0.2) is 18.3 Å². The van der Waals surface area contributed by atoms with Crippen molar-refractivity contribution in [2.75, 3.05) is 6.26 Å². The molecule has 1 aromatic heterocycles. The van der Waals surface area contributed by atoms with E-state index in [1.54, 1.807) is 12.1 Å². The number of hydrogen-bond donors (Lipinski definition) is 2. The number of carbonyl (C=O) groups excluding carboxylic acids is 1. The lowest BCUT2D eigenvalue weighted by Gasteiger charge is -2.25. The van der Waals surface area contributed by atoms with Gasteiger partial charge in [0.2, 0.25) is 0 Å². The maximum Gasteiger partial charge on any atom is 0.264 e. The monoisotopic (exact) mass is 416 g/mol. The highest BCUT2D eigenvalue weighted by atomic mass is 35.5. The molecule has 2 aromatic rings. The third-order valence-corrected chi connectivity index (χ3v) is 6.81. The highest BCUT2D eigenvalue weighted by Crippen LogP contribution is 2.24. The summed E-state index contributed by atoms with van der Waals surface area (Å²) in [7, 11) is -3.86. The Morgan fingerprint density at radius 2 is 1.93 bits per heavy atom. The molecular weight excluding hydrogens is 399 g/mol. The lowest BCUT2D eigenvalue weighted by Crippen LogP contribution is -2.49. The van der Waals surface area contributed by atoms with Crippen molar-refractivity contribution >= 4 is 27.3 Å². The minimum Gasteiger partial charge on any atom is -0.315 e. The minimum atomic E-state index is -3.86. The maximum absolute atomic E-state index is 13.6. The Labute approximate surface area is 160 Å². The molecule has 1 unspecified atom stereocenters. The molecule has 0 radical (unpaired) electrons. The molecule has 2 N–H and O–H groups in total. The van der Waals surface area contributed by atoms with Crippen LogP contribution in [0.25, 0.3) is 11.1 Å². The van der Waals surface area contributed by atoms with Crippen LogP contribution in [-0.4, -0.2) is 35.1 Å². The van der Waals surface area contributed by atoms with Crippen LogP contribution in [0.1, 0.15) is 13.3 Å². The van der Waals surface area contributed by atoms with E-state index in [1.807, 2.05) is 0 Å². The number of nitrogens with zero attached hydrogens (tertiary/aromatic N) is 1. The number of rotatable bonds is 6. The second-order valence-electron chi connectivity index (χ2n) is 6.27. The Morgan fingerprint density at radius 3 is 2.44 bits per heavy atom. The fourth-order valence-corrected chi connectivity index (χ4v) is 3.43. The summed E-state index contributed by atoms with van der Waals surface area (Å²) < 4.78 is 36.8. The zero-order valence-corrected chi connectivity index (χ0v) is 16.1. The van der Waals surface area contributed by atoms with Crippen LogP contribution in [0.4, 0.5) is 4.39 Å². The number of amides is 1. The molecular formula is C17H18ClFN2O5S. The Balaban J connectivity index is 2.29. The van der Waals surface area contributed by atoms with Crippen LogP contribution in [-0.2, 0) is 21.2 Å². The van der Waals surface area contributed by atoms with E-state index >= 15 is 0 Å². The molecule has 0 saturated carbocycles. The van der Waals surface area contributed by atoms with Crippen LogP contribution in [0.5, 0.6) is 0 Å². The SMILES string of the molecule is CC(CCn1ccc(-c2ccc(Cl)c(F)c2)cc1=O)(C(=O)NO)S(C)(=O)=O. The van der Waals surface area contributed by atoms with Gasteiger partial charge < -0.3 is 4.57 Å². The number of sulfone groups is 1. The third-order valence-electron chi connectivity index (χ3n) is 4.48. The van der Waals surface area contributed by atoms with E-state index in [1.165, 1.54) is 41.4 Å². The van der Waals surface area contributed by atoms with E-state index in [2.05, 4.69) is 0 Å². The molecule has 1 aromatic carbocycles. The average molecular weight is 417 g/mol. The lowest BCUT2D eigenvalue weighted by atomic mass is 10.1. The molecule has 7 nitrogen and oxygen atoms in total. The molecule has 0 bridgehead atoms. The first-order valence-electron chi connectivity index (χ1n) is 7.79. The molecule has 1 atom stereocenters. The number of hydrogen-bond acceptors (Lipinski definition) is 5. The van der Waals surface area contributed by atoms with Gasteiger partial charge in [-0.3, -0.25) is 14.8 Å². The van der Waals surface area contributed by atoms with Gasteiger partial charge in [0.1, 0.15) is 5.82 Å². The smallest absolute Gasteiger partial charge is 0.264 e. The maximum atomic E-state index is 13.6. The van der Waals surface area contributed by atoms with E-state index in [9.17, 15) is 22.4 Å². The number of benzene rings is 1. The molecule has 0 aliphatic carbocycles. The Morgan fingerprint density at radius 1 is 1.30 bits per heavy atom. The summed E-state index contributed by atoms with van der Waals surface area (Å²) in [6, 6.07) is 6.98. The molecule has 0 fully saturated rings. The second-order valence-corrected chi connectivity index (χ2v) is 9.12.